The number of rotatable bonds is 4. The molecule has 3 heterocycles. The van der Waals surface area contributed by atoms with Crippen LogP contribution in [-0.2, 0) is 9.59 Å². The molecule has 7 nitrogen and oxygen atoms in total. The number of piperazine rings is 1. The number of fused-ring (bicyclic) bond motifs is 1. The summed E-state index contributed by atoms with van der Waals surface area (Å²) in [6.45, 7) is 3.42. The molecule has 2 fully saturated rings. The van der Waals surface area contributed by atoms with Crippen molar-refractivity contribution in [2.75, 3.05) is 38.5 Å². The van der Waals surface area contributed by atoms with Crippen LogP contribution in [0.3, 0.4) is 0 Å². The molecule has 0 radical (unpaired) electrons. The first-order chi connectivity index (χ1) is 17.0. The van der Waals surface area contributed by atoms with E-state index in [1.807, 2.05) is 29.2 Å². The molecule has 0 atom stereocenters. The van der Waals surface area contributed by atoms with Gasteiger partial charge in [0, 0.05) is 61.4 Å². The van der Waals surface area contributed by atoms with Crippen LogP contribution < -0.4 is 5.32 Å². The summed E-state index contributed by atoms with van der Waals surface area (Å²) in [4.78, 5) is 38.4. The molecule has 1 aliphatic carbocycles. The topological polar surface area (TPSA) is 78.4 Å². The number of pyridine rings is 2. The fourth-order valence-electron chi connectivity index (χ4n) is 5.07. The highest BCUT2D eigenvalue weighted by molar-refractivity contribution is 5.95. The van der Waals surface area contributed by atoms with Crippen LogP contribution in [-0.4, -0.2) is 64.8 Å². The summed E-state index contributed by atoms with van der Waals surface area (Å²) in [5, 5.41) is 4.79. The molecule has 2 aliphatic rings. The molecule has 182 valence electrons. The Kier molecular flexibility index (Phi) is 6.72. The van der Waals surface area contributed by atoms with Crippen molar-refractivity contribution in [1.82, 2.24) is 19.8 Å². The van der Waals surface area contributed by atoms with Crippen LogP contribution in [0.4, 0.5) is 10.2 Å². The largest absolute Gasteiger partial charge is 0.340 e. The van der Waals surface area contributed by atoms with Crippen LogP contribution in [0.1, 0.15) is 25.7 Å². The van der Waals surface area contributed by atoms with Gasteiger partial charge in [0.15, 0.2) is 0 Å². The van der Waals surface area contributed by atoms with Gasteiger partial charge in [0.2, 0.25) is 11.8 Å². The Morgan fingerprint density at radius 1 is 0.886 bits per heavy atom. The van der Waals surface area contributed by atoms with Gasteiger partial charge in [-0.25, -0.2) is 9.37 Å². The Morgan fingerprint density at radius 2 is 1.63 bits per heavy atom. The molecular weight excluding hydrogens is 445 g/mol. The normalized spacial score (nSPS) is 21.1. The molecular formula is C27H30FN5O2. The predicted octanol–water partition coefficient (Wildman–Crippen LogP) is 3.95. The van der Waals surface area contributed by atoms with E-state index < -0.39 is 0 Å². The monoisotopic (exact) mass is 475 g/mol. The van der Waals surface area contributed by atoms with E-state index in [-0.39, 0.29) is 29.5 Å². The molecule has 0 spiro atoms. The highest BCUT2D eigenvalue weighted by atomic mass is 19.1. The van der Waals surface area contributed by atoms with Crippen molar-refractivity contribution in [2.45, 2.75) is 25.7 Å². The van der Waals surface area contributed by atoms with Crippen molar-refractivity contribution >= 4 is 28.4 Å². The third-order valence-corrected chi connectivity index (χ3v) is 7.27. The average Bonchev–Trinajstić information content (AvgIpc) is 2.88. The predicted molar refractivity (Wildman–Crippen MR) is 133 cm³/mol. The minimum atomic E-state index is -0.384. The number of nitrogens with zero attached hydrogens (tertiary/aromatic N) is 4. The maximum absolute atomic E-state index is 13.6. The smallest absolute Gasteiger partial charge is 0.228 e. The molecule has 2 amide bonds. The van der Waals surface area contributed by atoms with Gasteiger partial charge >= 0.3 is 0 Å². The van der Waals surface area contributed by atoms with E-state index in [1.165, 1.54) is 12.3 Å². The highest BCUT2D eigenvalue weighted by Crippen LogP contribution is 2.31. The SMILES string of the molecule is CN1CCN(C(=O)[C@H]2CC[C@H](C(=O)Nc3cc4cc(-c5cncc(F)c5)ccc4cn3)CC2)CC1. The van der Waals surface area contributed by atoms with Crippen LogP contribution in [0.5, 0.6) is 0 Å². The number of amides is 2. The number of carbonyl (C=O) groups is 2. The molecule has 1 saturated heterocycles. The first-order valence-corrected chi connectivity index (χ1v) is 12.3. The number of nitrogens with one attached hydrogen (secondary N) is 1. The van der Waals surface area contributed by atoms with Gasteiger partial charge in [-0.1, -0.05) is 12.1 Å². The molecule has 1 aromatic carbocycles. The molecule has 8 heteroatoms. The Bertz CT molecular complexity index is 1230. The Balaban J connectivity index is 1.21. The second kappa shape index (κ2) is 10.1. The highest BCUT2D eigenvalue weighted by Gasteiger charge is 2.33. The molecule has 1 N–H and O–H groups in total. The summed E-state index contributed by atoms with van der Waals surface area (Å²) in [5.74, 6) is 0.217. The molecule has 0 bridgehead atoms. The van der Waals surface area contributed by atoms with Gasteiger partial charge in [0.25, 0.3) is 0 Å². The van der Waals surface area contributed by atoms with Crippen LogP contribution in [0.2, 0.25) is 0 Å². The standard InChI is InChI=1S/C27H30FN5O2/c1-32-8-10-33(11-9-32)27(35)19-4-2-18(3-5-19)26(34)31-25-14-22-12-20(6-7-21(22)16-30-25)23-13-24(28)17-29-15-23/h6-7,12-19H,2-5,8-11H2,1H3,(H,30,31,34)/t18-,19-. The second-order valence-electron chi connectivity index (χ2n) is 9.69. The second-order valence-corrected chi connectivity index (χ2v) is 9.69. The first-order valence-electron chi connectivity index (χ1n) is 12.3. The van der Waals surface area contributed by atoms with Gasteiger partial charge in [-0.15, -0.1) is 0 Å². The lowest BCUT2D eigenvalue weighted by Gasteiger charge is -2.36. The van der Waals surface area contributed by atoms with Crippen molar-refractivity contribution in [3.05, 3.63) is 54.7 Å². The maximum atomic E-state index is 13.6. The van der Waals surface area contributed by atoms with Gasteiger partial charge in [0.05, 0.1) is 6.20 Å². The molecule has 3 aromatic rings. The van der Waals surface area contributed by atoms with Gasteiger partial charge in [-0.05, 0) is 61.9 Å². The number of benzene rings is 1. The van der Waals surface area contributed by atoms with Crippen LogP contribution >= 0.6 is 0 Å². The third kappa shape index (κ3) is 5.32. The molecule has 5 rings (SSSR count). The van der Waals surface area contributed by atoms with Crippen LogP contribution in [0.15, 0.2) is 48.9 Å². The lowest BCUT2D eigenvalue weighted by Crippen LogP contribution is -2.49. The fourth-order valence-corrected chi connectivity index (χ4v) is 5.07. The lowest BCUT2D eigenvalue weighted by atomic mass is 9.81. The van der Waals surface area contributed by atoms with Crippen molar-refractivity contribution in [3.63, 3.8) is 0 Å². The molecule has 0 unspecified atom stereocenters. The molecule has 35 heavy (non-hydrogen) atoms. The van der Waals surface area contributed by atoms with E-state index in [0.717, 1.165) is 55.4 Å². The lowest BCUT2D eigenvalue weighted by molar-refractivity contribution is -0.139. The van der Waals surface area contributed by atoms with Gasteiger partial charge in [0.1, 0.15) is 11.6 Å². The summed E-state index contributed by atoms with van der Waals surface area (Å²) in [6.07, 6.45) is 7.44. The van der Waals surface area contributed by atoms with E-state index in [0.29, 0.717) is 24.2 Å². The van der Waals surface area contributed by atoms with Crippen molar-refractivity contribution in [1.29, 1.82) is 0 Å². The zero-order valence-corrected chi connectivity index (χ0v) is 19.9. The van der Waals surface area contributed by atoms with Crippen molar-refractivity contribution in [2.24, 2.45) is 11.8 Å². The number of carbonyl (C=O) groups excluding carboxylic acids is 2. The minimum Gasteiger partial charge on any atom is -0.340 e. The Morgan fingerprint density at radius 3 is 2.37 bits per heavy atom. The number of halogens is 1. The number of aromatic nitrogens is 2. The first kappa shape index (κ1) is 23.4. The van der Waals surface area contributed by atoms with E-state index >= 15 is 0 Å². The summed E-state index contributed by atoms with van der Waals surface area (Å²) < 4.78 is 13.6. The third-order valence-electron chi connectivity index (χ3n) is 7.27. The molecule has 2 aromatic heterocycles. The Hall–Kier alpha value is -3.39. The van der Waals surface area contributed by atoms with E-state index in [1.54, 1.807) is 12.4 Å². The maximum Gasteiger partial charge on any atom is 0.228 e. The number of hydrogen-bond acceptors (Lipinski definition) is 5. The fraction of sp³-hybridized carbons (Fsp3) is 0.407. The minimum absolute atomic E-state index is 0.0250. The summed E-state index contributed by atoms with van der Waals surface area (Å²) in [7, 11) is 2.08. The molecule has 1 aliphatic heterocycles. The quantitative estimate of drug-likeness (QED) is 0.618. The average molecular weight is 476 g/mol. The zero-order chi connectivity index (χ0) is 24.4. The number of hydrogen-bond donors (Lipinski definition) is 1. The van der Waals surface area contributed by atoms with Gasteiger partial charge in [-0.3, -0.25) is 14.6 Å². The Labute approximate surface area is 204 Å². The van der Waals surface area contributed by atoms with Crippen LogP contribution in [0.25, 0.3) is 21.9 Å². The van der Waals surface area contributed by atoms with Gasteiger partial charge < -0.3 is 15.1 Å². The van der Waals surface area contributed by atoms with Crippen LogP contribution in [0, 0.1) is 17.7 Å². The van der Waals surface area contributed by atoms with Crippen molar-refractivity contribution < 1.29 is 14.0 Å². The van der Waals surface area contributed by atoms with E-state index in [4.69, 9.17) is 0 Å². The molecule has 1 saturated carbocycles. The van der Waals surface area contributed by atoms with Crippen molar-refractivity contribution in [3.8, 4) is 11.1 Å². The summed E-state index contributed by atoms with van der Waals surface area (Å²) in [5.41, 5.74) is 1.54. The number of anilines is 1. The van der Waals surface area contributed by atoms with E-state index in [9.17, 15) is 14.0 Å². The summed E-state index contributed by atoms with van der Waals surface area (Å²) in [6, 6.07) is 9.06. The number of likely N-dealkylation sites (N-methyl/N-ethyl adjacent to an activating group) is 1. The van der Waals surface area contributed by atoms with E-state index in [2.05, 4.69) is 27.2 Å². The summed E-state index contributed by atoms with van der Waals surface area (Å²) >= 11 is 0. The van der Waals surface area contributed by atoms with Gasteiger partial charge in [-0.2, -0.15) is 0 Å². The zero-order valence-electron chi connectivity index (χ0n) is 19.9.